The lowest BCUT2D eigenvalue weighted by molar-refractivity contribution is 0.352. The maximum absolute atomic E-state index is 3.72. The highest BCUT2D eigenvalue weighted by atomic mass is 14.9. The molecule has 1 unspecified atom stereocenters. The minimum absolute atomic E-state index is 0.288. The molecule has 2 aromatic carbocycles. The zero-order chi connectivity index (χ0) is 14.6. The van der Waals surface area contributed by atoms with Gasteiger partial charge in [-0.2, -0.15) is 0 Å². The van der Waals surface area contributed by atoms with Gasteiger partial charge in [0, 0.05) is 5.69 Å². The highest BCUT2D eigenvalue weighted by molar-refractivity contribution is 5.52. The van der Waals surface area contributed by atoms with Crippen LogP contribution in [0.15, 0.2) is 54.6 Å². The van der Waals surface area contributed by atoms with E-state index in [0.29, 0.717) is 6.04 Å². The van der Waals surface area contributed by atoms with E-state index in [0.717, 1.165) is 6.42 Å². The van der Waals surface area contributed by atoms with Crippen molar-refractivity contribution < 1.29 is 0 Å². The molecule has 0 aliphatic heterocycles. The molecule has 1 heteroatoms. The lowest BCUT2D eigenvalue weighted by Gasteiger charge is -2.28. The monoisotopic (exact) mass is 267 g/mol. The highest BCUT2D eigenvalue weighted by Crippen LogP contribution is 2.32. The second kappa shape index (κ2) is 6.13. The molecule has 0 radical (unpaired) electrons. The number of hydrogen-bond acceptors (Lipinski definition) is 1. The van der Waals surface area contributed by atoms with Crippen molar-refractivity contribution in [3.63, 3.8) is 0 Å². The average molecular weight is 267 g/mol. The van der Waals surface area contributed by atoms with Gasteiger partial charge < -0.3 is 5.32 Å². The van der Waals surface area contributed by atoms with E-state index in [1.165, 1.54) is 16.8 Å². The summed E-state index contributed by atoms with van der Waals surface area (Å²) in [5.74, 6) is 0. The molecular weight excluding hydrogens is 242 g/mol. The van der Waals surface area contributed by atoms with Gasteiger partial charge in [-0.1, -0.05) is 69.3 Å². The minimum Gasteiger partial charge on any atom is -0.378 e. The van der Waals surface area contributed by atoms with Crippen LogP contribution in [-0.4, -0.2) is 0 Å². The molecular formula is C19H25N. The molecule has 2 rings (SSSR count). The lowest BCUT2D eigenvalue weighted by atomic mass is 9.85. The smallest absolute Gasteiger partial charge is 0.0518 e. The Balaban J connectivity index is 2.26. The number of anilines is 1. The number of rotatable bonds is 4. The van der Waals surface area contributed by atoms with Crippen LogP contribution in [0.4, 0.5) is 5.69 Å². The van der Waals surface area contributed by atoms with Gasteiger partial charge in [-0.05, 0) is 36.0 Å². The van der Waals surface area contributed by atoms with Gasteiger partial charge in [0.05, 0.1) is 6.04 Å². The molecule has 0 amide bonds. The molecule has 0 saturated heterocycles. The summed E-state index contributed by atoms with van der Waals surface area (Å²) < 4.78 is 0. The molecule has 1 nitrogen and oxygen atoms in total. The maximum Gasteiger partial charge on any atom is 0.0518 e. The van der Waals surface area contributed by atoms with Crippen LogP contribution in [0.2, 0.25) is 0 Å². The molecule has 0 aliphatic carbocycles. The standard InChI is InChI=1S/C19H25N/c1-15-10-8-9-13-17(15)20-18(14-19(2,3)4)16-11-6-5-7-12-16/h5-13,18,20H,14H2,1-4H3. The van der Waals surface area contributed by atoms with Crippen LogP contribution in [-0.2, 0) is 0 Å². The third-order valence-electron chi connectivity index (χ3n) is 3.49. The van der Waals surface area contributed by atoms with E-state index in [-0.39, 0.29) is 5.41 Å². The van der Waals surface area contributed by atoms with Crippen LogP contribution in [0.5, 0.6) is 0 Å². The summed E-state index contributed by atoms with van der Waals surface area (Å²) in [6.45, 7) is 9.04. The Morgan fingerprint density at radius 3 is 2.10 bits per heavy atom. The number of nitrogens with one attached hydrogen (secondary N) is 1. The maximum atomic E-state index is 3.72. The van der Waals surface area contributed by atoms with Crippen molar-refractivity contribution in [2.24, 2.45) is 5.41 Å². The summed E-state index contributed by atoms with van der Waals surface area (Å²) in [4.78, 5) is 0. The first-order chi connectivity index (χ1) is 9.46. The van der Waals surface area contributed by atoms with Crippen LogP contribution < -0.4 is 5.32 Å². The van der Waals surface area contributed by atoms with Gasteiger partial charge in [0.1, 0.15) is 0 Å². The predicted molar refractivity (Wildman–Crippen MR) is 88.1 cm³/mol. The molecule has 0 fully saturated rings. The fourth-order valence-corrected chi connectivity index (χ4v) is 2.47. The molecule has 0 heterocycles. The van der Waals surface area contributed by atoms with Crippen molar-refractivity contribution in [2.75, 3.05) is 5.32 Å². The molecule has 0 aliphatic rings. The molecule has 106 valence electrons. The highest BCUT2D eigenvalue weighted by Gasteiger charge is 2.20. The van der Waals surface area contributed by atoms with E-state index in [1.807, 2.05) is 0 Å². The zero-order valence-corrected chi connectivity index (χ0v) is 13.0. The molecule has 20 heavy (non-hydrogen) atoms. The normalized spacial score (nSPS) is 13.0. The molecule has 1 atom stereocenters. The third kappa shape index (κ3) is 4.12. The van der Waals surface area contributed by atoms with E-state index in [4.69, 9.17) is 0 Å². The van der Waals surface area contributed by atoms with Gasteiger partial charge >= 0.3 is 0 Å². The summed E-state index contributed by atoms with van der Waals surface area (Å²) in [5, 5.41) is 3.72. The Morgan fingerprint density at radius 1 is 0.900 bits per heavy atom. The first kappa shape index (κ1) is 14.6. The fourth-order valence-electron chi connectivity index (χ4n) is 2.47. The molecule has 0 saturated carbocycles. The third-order valence-corrected chi connectivity index (χ3v) is 3.49. The Labute approximate surface area is 123 Å². The average Bonchev–Trinajstić information content (AvgIpc) is 2.40. The number of benzene rings is 2. The molecule has 0 spiro atoms. The summed E-state index contributed by atoms with van der Waals surface area (Å²) >= 11 is 0. The number of aryl methyl sites for hydroxylation is 1. The van der Waals surface area contributed by atoms with E-state index >= 15 is 0 Å². The van der Waals surface area contributed by atoms with Gasteiger partial charge in [-0.15, -0.1) is 0 Å². The molecule has 0 bridgehead atoms. The van der Waals surface area contributed by atoms with Crippen molar-refractivity contribution >= 4 is 5.69 Å². The Bertz CT molecular complexity index is 537. The second-order valence-corrected chi connectivity index (χ2v) is 6.69. The quantitative estimate of drug-likeness (QED) is 0.762. The van der Waals surface area contributed by atoms with Crippen molar-refractivity contribution in [3.05, 3.63) is 65.7 Å². The van der Waals surface area contributed by atoms with Gasteiger partial charge in [0.15, 0.2) is 0 Å². The molecule has 0 aromatic heterocycles. The van der Waals surface area contributed by atoms with Gasteiger partial charge in [-0.3, -0.25) is 0 Å². The van der Waals surface area contributed by atoms with E-state index in [1.54, 1.807) is 0 Å². The summed E-state index contributed by atoms with van der Waals surface area (Å²) in [5.41, 5.74) is 4.16. The van der Waals surface area contributed by atoms with Gasteiger partial charge in [-0.25, -0.2) is 0 Å². The Kier molecular flexibility index (Phi) is 4.49. The van der Waals surface area contributed by atoms with Crippen LogP contribution in [0.25, 0.3) is 0 Å². The van der Waals surface area contributed by atoms with Crippen molar-refractivity contribution in [1.29, 1.82) is 0 Å². The molecule has 1 N–H and O–H groups in total. The van der Waals surface area contributed by atoms with Gasteiger partial charge in [0.25, 0.3) is 0 Å². The van der Waals surface area contributed by atoms with E-state index in [2.05, 4.69) is 87.6 Å². The first-order valence-corrected chi connectivity index (χ1v) is 7.33. The minimum atomic E-state index is 0.288. The summed E-state index contributed by atoms with van der Waals surface area (Å²) in [6, 6.07) is 19.6. The van der Waals surface area contributed by atoms with Crippen LogP contribution in [0.1, 0.15) is 44.4 Å². The van der Waals surface area contributed by atoms with Crippen LogP contribution >= 0.6 is 0 Å². The Hall–Kier alpha value is -1.76. The predicted octanol–water partition coefficient (Wildman–Crippen LogP) is 5.58. The van der Waals surface area contributed by atoms with Crippen LogP contribution in [0.3, 0.4) is 0 Å². The van der Waals surface area contributed by atoms with E-state index in [9.17, 15) is 0 Å². The van der Waals surface area contributed by atoms with Crippen molar-refractivity contribution in [3.8, 4) is 0 Å². The topological polar surface area (TPSA) is 12.0 Å². The Morgan fingerprint density at radius 2 is 1.50 bits per heavy atom. The summed E-state index contributed by atoms with van der Waals surface area (Å²) in [7, 11) is 0. The van der Waals surface area contributed by atoms with E-state index < -0.39 is 0 Å². The van der Waals surface area contributed by atoms with Crippen molar-refractivity contribution in [1.82, 2.24) is 0 Å². The fraction of sp³-hybridized carbons (Fsp3) is 0.368. The zero-order valence-electron chi connectivity index (χ0n) is 13.0. The van der Waals surface area contributed by atoms with Crippen LogP contribution in [0, 0.1) is 12.3 Å². The van der Waals surface area contributed by atoms with Gasteiger partial charge in [0.2, 0.25) is 0 Å². The first-order valence-electron chi connectivity index (χ1n) is 7.33. The lowest BCUT2D eigenvalue weighted by Crippen LogP contribution is -2.19. The number of hydrogen-bond donors (Lipinski definition) is 1. The van der Waals surface area contributed by atoms with Crippen molar-refractivity contribution in [2.45, 2.75) is 40.2 Å². The number of para-hydroxylation sites is 1. The molecule has 2 aromatic rings. The SMILES string of the molecule is Cc1ccccc1NC(CC(C)(C)C)c1ccccc1. The second-order valence-electron chi connectivity index (χ2n) is 6.69. The largest absolute Gasteiger partial charge is 0.378 e. The summed E-state index contributed by atoms with van der Waals surface area (Å²) in [6.07, 6.45) is 1.10.